The highest BCUT2D eigenvalue weighted by Crippen LogP contribution is 2.37. The molecule has 150 valence electrons. The van der Waals surface area contributed by atoms with Gasteiger partial charge in [-0.05, 0) is 74.4 Å². The highest BCUT2D eigenvalue weighted by atomic mass is 35.5. The van der Waals surface area contributed by atoms with Gasteiger partial charge >= 0.3 is 0 Å². The Hall–Kier alpha value is -1.97. The third-order valence-electron chi connectivity index (χ3n) is 5.26. The van der Waals surface area contributed by atoms with Gasteiger partial charge in [0, 0.05) is 6.54 Å². The Morgan fingerprint density at radius 1 is 1.14 bits per heavy atom. The van der Waals surface area contributed by atoms with E-state index in [1.54, 1.807) is 12.7 Å². The van der Waals surface area contributed by atoms with E-state index in [-0.39, 0.29) is 0 Å². The molecule has 0 radical (unpaired) electrons. The largest absolute Gasteiger partial charge is 0.493 e. The molecule has 0 spiro atoms. The first kappa shape index (κ1) is 20.8. The van der Waals surface area contributed by atoms with Gasteiger partial charge in [-0.3, -0.25) is 0 Å². The summed E-state index contributed by atoms with van der Waals surface area (Å²) in [5.41, 5.74) is 5.03. The molecule has 1 aliphatic rings. The Morgan fingerprint density at radius 3 is 2.75 bits per heavy atom. The van der Waals surface area contributed by atoms with E-state index in [4.69, 9.17) is 21.1 Å². The second-order valence-corrected chi connectivity index (χ2v) is 7.77. The van der Waals surface area contributed by atoms with Crippen LogP contribution in [0.1, 0.15) is 48.8 Å². The lowest BCUT2D eigenvalue weighted by atomic mass is 9.97. The molecular formula is C24H30ClNO2. The van der Waals surface area contributed by atoms with Crippen molar-refractivity contribution in [2.75, 3.05) is 13.7 Å². The fourth-order valence-electron chi connectivity index (χ4n) is 3.55. The van der Waals surface area contributed by atoms with Crippen LogP contribution < -0.4 is 14.8 Å². The van der Waals surface area contributed by atoms with Gasteiger partial charge in [-0.25, -0.2) is 0 Å². The van der Waals surface area contributed by atoms with Crippen molar-refractivity contribution < 1.29 is 9.47 Å². The Balaban J connectivity index is 1.57. The van der Waals surface area contributed by atoms with Crippen LogP contribution in [0.15, 0.2) is 48.0 Å². The summed E-state index contributed by atoms with van der Waals surface area (Å²) in [5, 5.41) is 4.10. The molecule has 0 fully saturated rings. The zero-order valence-corrected chi connectivity index (χ0v) is 17.6. The average Bonchev–Trinajstić information content (AvgIpc) is 2.72. The molecule has 3 rings (SSSR count). The number of benzene rings is 2. The van der Waals surface area contributed by atoms with Crippen molar-refractivity contribution in [1.82, 2.24) is 5.32 Å². The van der Waals surface area contributed by atoms with Crippen molar-refractivity contribution >= 4 is 11.6 Å². The van der Waals surface area contributed by atoms with Crippen LogP contribution in [0.5, 0.6) is 11.5 Å². The van der Waals surface area contributed by atoms with Gasteiger partial charge < -0.3 is 14.8 Å². The molecule has 3 nitrogen and oxygen atoms in total. The first-order chi connectivity index (χ1) is 13.7. The van der Waals surface area contributed by atoms with Crippen LogP contribution in [0.25, 0.3) is 0 Å². The molecule has 1 aliphatic carbocycles. The van der Waals surface area contributed by atoms with Crippen molar-refractivity contribution in [3.05, 3.63) is 69.8 Å². The third-order valence-corrected chi connectivity index (χ3v) is 5.54. The fourth-order valence-corrected chi connectivity index (χ4v) is 3.84. The summed E-state index contributed by atoms with van der Waals surface area (Å²) in [6.45, 7) is 4.30. The first-order valence-electron chi connectivity index (χ1n) is 10.1. The summed E-state index contributed by atoms with van der Waals surface area (Å²) in [7, 11) is 1.65. The molecule has 0 aliphatic heterocycles. The molecule has 2 aromatic rings. The second-order valence-electron chi connectivity index (χ2n) is 7.36. The number of hydrogen-bond acceptors (Lipinski definition) is 3. The highest BCUT2D eigenvalue weighted by Gasteiger charge is 2.13. The van der Waals surface area contributed by atoms with Gasteiger partial charge in [0.25, 0.3) is 0 Å². The van der Waals surface area contributed by atoms with E-state index in [0.717, 1.165) is 30.6 Å². The van der Waals surface area contributed by atoms with Gasteiger partial charge in [-0.2, -0.15) is 0 Å². The van der Waals surface area contributed by atoms with Crippen LogP contribution in [0.4, 0.5) is 0 Å². The summed E-state index contributed by atoms with van der Waals surface area (Å²) in [6, 6.07) is 12.2. The standard InChI is InChI=1S/C24H30ClNO2/c1-18-8-6-7-11-21(18)17-28-24-22(25)14-20(15-23(24)27-2)16-26-13-12-19-9-4-3-5-10-19/h6-9,11,14-15,26H,3-5,10,12-13,16-17H2,1-2H3. The number of allylic oxidation sites excluding steroid dienone is 1. The van der Waals surface area contributed by atoms with Gasteiger partial charge in [0.05, 0.1) is 12.1 Å². The Morgan fingerprint density at radius 2 is 2.00 bits per heavy atom. The van der Waals surface area contributed by atoms with E-state index in [1.807, 2.05) is 24.3 Å². The minimum atomic E-state index is 0.468. The minimum Gasteiger partial charge on any atom is -0.493 e. The van der Waals surface area contributed by atoms with Crippen LogP contribution in [-0.2, 0) is 13.2 Å². The molecule has 2 aromatic carbocycles. The van der Waals surface area contributed by atoms with Crippen molar-refractivity contribution in [3.63, 3.8) is 0 Å². The maximum Gasteiger partial charge on any atom is 0.180 e. The SMILES string of the molecule is COc1cc(CNCCC2=CCCCC2)cc(Cl)c1OCc1ccccc1C. The van der Waals surface area contributed by atoms with E-state index >= 15 is 0 Å². The van der Waals surface area contributed by atoms with Crippen molar-refractivity contribution in [2.45, 2.75) is 52.2 Å². The summed E-state index contributed by atoms with van der Waals surface area (Å²) < 4.78 is 11.5. The van der Waals surface area contributed by atoms with Crippen LogP contribution in [0, 0.1) is 6.92 Å². The average molecular weight is 400 g/mol. The molecule has 4 heteroatoms. The zero-order chi connectivity index (χ0) is 19.8. The van der Waals surface area contributed by atoms with E-state index in [9.17, 15) is 0 Å². The van der Waals surface area contributed by atoms with Crippen LogP contribution in [-0.4, -0.2) is 13.7 Å². The van der Waals surface area contributed by atoms with Gasteiger partial charge in [0.2, 0.25) is 0 Å². The van der Waals surface area contributed by atoms with Crippen LogP contribution >= 0.6 is 11.6 Å². The van der Waals surface area contributed by atoms with Gasteiger partial charge in [0.1, 0.15) is 6.61 Å². The first-order valence-corrected chi connectivity index (χ1v) is 10.5. The molecular weight excluding hydrogens is 370 g/mol. The lowest BCUT2D eigenvalue weighted by molar-refractivity contribution is 0.284. The third kappa shape index (κ3) is 5.76. The van der Waals surface area contributed by atoms with E-state index in [2.05, 4.69) is 30.4 Å². The Bertz CT molecular complexity index is 816. The zero-order valence-electron chi connectivity index (χ0n) is 16.9. The lowest BCUT2D eigenvalue weighted by Gasteiger charge is -2.16. The van der Waals surface area contributed by atoms with Crippen LogP contribution in [0.2, 0.25) is 5.02 Å². The lowest BCUT2D eigenvalue weighted by Crippen LogP contribution is -2.16. The molecule has 0 saturated heterocycles. The fraction of sp³-hybridized carbons (Fsp3) is 0.417. The molecule has 28 heavy (non-hydrogen) atoms. The summed E-state index contributed by atoms with van der Waals surface area (Å²) in [6.07, 6.45) is 8.71. The minimum absolute atomic E-state index is 0.468. The number of aryl methyl sites for hydroxylation is 1. The molecule has 0 atom stereocenters. The summed E-state index contributed by atoms with van der Waals surface area (Å²) >= 11 is 6.51. The van der Waals surface area contributed by atoms with Gasteiger partial charge in [-0.1, -0.05) is 47.5 Å². The molecule has 1 N–H and O–H groups in total. The number of nitrogens with one attached hydrogen (secondary N) is 1. The summed E-state index contributed by atoms with van der Waals surface area (Å²) in [5.74, 6) is 1.27. The predicted molar refractivity (Wildman–Crippen MR) is 116 cm³/mol. The molecule has 0 heterocycles. The maximum atomic E-state index is 6.51. The highest BCUT2D eigenvalue weighted by molar-refractivity contribution is 6.32. The molecule has 0 saturated carbocycles. The molecule has 0 unspecified atom stereocenters. The summed E-state index contributed by atoms with van der Waals surface area (Å²) in [4.78, 5) is 0. The van der Waals surface area contributed by atoms with Crippen molar-refractivity contribution in [2.24, 2.45) is 0 Å². The monoisotopic (exact) mass is 399 g/mol. The number of rotatable bonds is 9. The number of methoxy groups -OCH3 is 1. The second kappa shape index (κ2) is 10.5. The van der Waals surface area contributed by atoms with Crippen molar-refractivity contribution in [1.29, 1.82) is 0 Å². The Labute approximate surface area is 173 Å². The Kier molecular flexibility index (Phi) is 7.81. The number of ether oxygens (including phenoxy) is 2. The smallest absolute Gasteiger partial charge is 0.180 e. The van der Waals surface area contributed by atoms with Gasteiger partial charge in [-0.15, -0.1) is 0 Å². The van der Waals surface area contributed by atoms with E-state index < -0.39 is 0 Å². The normalized spacial score (nSPS) is 13.9. The number of hydrogen-bond donors (Lipinski definition) is 1. The van der Waals surface area contributed by atoms with E-state index in [1.165, 1.54) is 31.2 Å². The quantitative estimate of drug-likeness (QED) is 0.401. The molecule has 0 aromatic heterocycles. The number of halogens is 1. The molecule has 0 amide bonds. The van der Waals surface area contributed by atoms with Crippen molar-refractivity contribution in [3.8, 4) is 11.5 Å². The predicted octanol–water partition coefficient (Wildman–Crippen LogP) is 6.22. The van der Waals surface area contributed by atoms with Crippen LogP contribution in [0.3, 0.4) is 0 Å². The van der Waals surface area contributed by atoms with Gasteiger partial charge in [0.15, 0.2) is 11.5 Å². The van der Waals surface area contributed by atoms with E-state index in [0.29, 0.717) is 23.1 Å². The topological polar surface area (TPSA) is 30.5 Å². The maximum absolute atomic E-state index is 6.51. The molecule has 0 bridgehead atoms.